The summed E-state index contributed by atoms with van der Waals surface area (Å²) in [5.41, 5.74) is 15.0. The standard InChI is InChI=1S/C23H21FN4O2.C13H12FNO.C10H13N3O2/c1-30-23(29)15-8-17-21-18(9-15)26-22(27(21)7-6-25-17)20-10-14-4-5-16(24)11-19(14)28(20)12-13-2-3-13;14-11-4-3-10-5-12(8-16)15(13(10)6-11)7-9-1-2-9;1-15-10(14)6-4-7(11)9-8(5-6)12-2-3-13-9/h4-5,8-11,13,25H,2-3,6-7,12H2,1H3;3-6,8-9H,1-2,7H2;4-5,12-13H,2-3,11H2,1H3. The molecule has 0 atom stereocenters. The number of hydrogen-bond donors (Lipinski definition) is 4. The van der Waals surface area contributed by atoms with Gasteiger partial charge in [-0.25, -0.2) is 23.4 Å². The average Bonchev–Trinajstić information content (AvgIpc) is 4.19. The molecule has 2 saturated carbocycles. The lowest BCUT2D eigenvalue weighted by atomic mass is 10.1. The maximum Gasteiger partial charge on any atom is 0.338 e. The van der Waals surface area contributed by atoms with Crippen molar-refractivity contribution in [1.29, 1.82) is 0 Å². The van der Waals surface area contributed by atoms with Gasteiger partial charge in [0.15, 0.2) is 12.1 Å². The Hall–Kier alpha value is -6.90. The predicted octanol–water partition coefficient (Wildman–Crippen LogP) is 8.31. The number of esters is 2. The van der Waals surface area contributed by atoms with Gasteiger partial charge in [-0.05, 0) is 110 Å². The van der Waals surface area contributed by atoms with Crippen molar-refractivity contribution in [1.82, 2.24) is 18.7 Å². The summed E-state index contributed by atoms with van der Waals surface area (Å²) in [6, 6.07) is 20.5. The van der Waals surface area contributed by atoms with Crippen LogP contribution in [0.3, 0.4) is 0 Å². The van der Waals surface area contributed by atoms with Crippen LogP contribution in [-0.2, 0) is 29.1 Å². The van der Waals surface area contributed by atoms with Crippen LogP contribution >= 0.6 is 0 Å². The van der Waals surface area contributed by atoms with Gasteiger partial charge in [-0.2, -0.15) is 0 Å². The molecule has 2 aliphatic carbocycles. The monoisotopic (exact) mass is 828 g/mol. The van der Waals surface area contributed by atoms with Crippen molar-refractivity contribution in [2.75, 3.05) is 55.5 Å². The summed E-state index contributed by atoms with van der Waals surface area (Å²) < 4.78 is 43.1. The number of nitrogens with two attached hydrogens (primary N) is 1. The molecule has 13 nitrogen and oxygen atoms in total. The molecule has 4 aliphatic rings. The number of nitrogens with zero attached hydrogens (tertiary/aromatic N) is 4. The van der Waals surface area contributed by atoms with Gasteiger partial charge in [0, 0.05) is 50.0 Å². The lowest BCUT2D eigenvalue weighted by molar-refractivity contribution is 0.0592. The summed E-state index contributed by atoms with van der Waals surface area (Å²) in [5, 5.41) is 11.7. The molecule has 61 heavy (non-hydrogen) atoms. The van der Waals surface area contributed by atoms with Crippen LogP contribution < -0.4 is 21.7 Å². The summed E-state index contributed by atoms with van der Waals surface area (Å²) in [7, 11) is 2.73. The average molecular weight is 829 g/mol. The first-order valence-electron chi connectivity index (χ1n) is 20.5. The number of carbonyl (C=O) groups excluding carboxylic acids is 3. The van der Waals surface area contributed by atoms with Gasteiger partial charge in [0.05, 0.1) is 81.6 Å². The molecule has 5 N–H and O–H groups in total. The number of hydrogen-bond acceptors (Lipinski definition) is 10. The smallest absolute Gasteiger partial charge is 0.338 e. The van der Waals surface area contributed by atoms with Gasteiger partial charge >= 0.3 is 11.9 Å². The van der Waals surface area contributed by atoms with Gasteiger partial charge < -0.3 is 44.9 Å². The summed E-state index contributed by atoms with van der Waals surface area (Å²) >= 11 is 0. The van der Waals surface area contributed by atoms with E-state index in [0.717, 1.165) is 107 Å². The third-order valence-corrected chi connectivity index (χ3v) is 11.6. The first-order chi connectivity index (χ1) is 29.6. The number of fused-ring (bicyclic) bond motifs is 3. The Morgan fingerprint density at radius 2 is 1.34 bits per heavy atom. The van der Waals surface area contributed by atoms with E-state index in [-0.39, 0.29) is 23.6 Å². The molecule has 11 rings (SSSR count). The van der Waals surface area contributed by atoms with Crippen LogP contribution in [0.2, 0.25) is 0 Å². The van der Waals surface area contributed by atoms with Gasteiger partial charge in [0.25, 0.3) is 0 Å². The molecular formula is C46H46F2N8O5. The Morgan fingerprint density at radius 3 is 2.00 bits per heavy atom. The van der Waals surface area contributed by atoms with Crippen molar-refractivity contribution in [3.8, 4) is 11.5 Å². The van der Waals surface area contributed by atoms with Gasteiger partial charge in [-0.3, -0.25) is 4.79 Å². The molecule has 15 heteroatoms. The van der Waals surface area contributed by atoms with Crippen molar-refractivity contribution < 1.29 is 32.6 Å². The predicted molar refractivity (Wildman–Crippen MR) is 232 cm³/mol. The number of rotatable bonds is 8. The molecule has 0 amide bonds. The summed E-state index contributed by atoms with van der Waals surface area (Å²) in [4.78, 5) is 39.3. The van der Waals surface area contributed by atoms with Crippen LogP contribution in [-0.4, -0.2) is 70.8 Å². The molecule has 3 aromatic heterocycles. The van der Waals surface area contributed by atoms with Crippen molar-refractivity contribution >= 4 is 73.8 Å². The lowest BCUT2D eigenvalue weighted by Crippen LogP contribution is -2.22. The Labute approximate surface area is 349 Å². The topological polar surface area (TPSA) is 159 Å². The minimum Gasteiger partial charge on any atom is -0.465 e. The molecule has 0 bridgehead atoms. The van der Waals surface area contributed by atoms with E-state index < -0.39 is 0 Å². The van der Waals surface area contributed by atoms with Gasteiger partial charge in [-0.15, -0.1) is 0 Å². The third-order valence-electron chi connectivity index (χ3n) is 11.6. The molecule has 0 saturated heterocycles. The third kappa shape index (κ3) is 7.95. The number of imidazole rings is 1. The van der Waals surface area contributed by atoms with E-state index in [0.29, 0.717) is 34.3 Å². The number of nitrogen functional groups attached to an aromatic ring is 1. The fourth-order valence-corrected chi connectivity index (χ4v) is 8.25. The number of aromatic nitrogens is 4. The van der Waals surface area contributed by atoms with E-state index in [4.69, 9.17) is 15.5 Å². The van der Waals surface area contributed by atoms with E-state index in [2.05, 4.69) is 35.9 Å². The second kappa shape index (κ2) is 16.3. The molecule has 2 fully saturated rings. The van der Waals surface area contributed by atoms with E-state index in [1.807, 2.05) is 22.8 Å². The van der Waals surface area contributed by atoms with Crippen LogP contribution in [0.25, 0.3) is 44.4 Å². The Morgan fingerprint density at radius 1 is 0.754 bits per heavy atom. The normalized spacial score (nSPS) is 15.0. The minimum atomic E-state index is -0.380. The highest BCUT2D eigenvalue weighted by Gasteiger charge is 2.28. The Kier molecular flexibility index (Phi) is 10.6. The zero-order chi connectivity index (χ0) is 42.4. The fourth-order valence-electron chi connectivity index (χ4n) is 8.25. The highest BCUT2D eigenvalue weighted by atomic mass is 19.1. The molecule has 0 unspecified atom stereocenters. The first-order valence-corrected chi connectivity index (χ1v) is 20.5. The molecule has 2 aliphatic heterocycles. The largest absolute Gasteiger partial charge is 0.465 e. The van der Waals surface area contributed by atoms with Crippen LogP contribution in [0.1, 0.15) is 56.9 Å². The Bertz CT molecular complexity index is 2850. The maximum atomic E-state index is 14.0. The van der Waals surface area contributed by atoms with E-state index >= 15 is 0 Å². The molecule has 7 aromatic rings. The number of ether oxygens (including phenoxy) is 2. The quantitative estimate of drug-likeness (QED) is 0.0667. The summed E-state index contributed by atoms with van der Waals surface area (Å²) in [6.45, 7) is 4.86. The number of anilines is 4. The number of aldehydes is 1. The molecule has 0 radical (unpaired) electrons. The fraction of sp³-hybridized carbons (Fsp3) is 0.304. The summed E-state index contributed by atoms with van der Waals surface area (Å²) in [5.74, 6) is 0.918. The zero-order valence-corrected chi connectivity index (χ0v) is 33.9. The van der Waals surface area contributed by atoms with Gasteiger partial charge in [0.2, 0.25) is 0 Å². The van der Waals surface area contributed by atoms with Crippen LogP contribution in [0.15, 0.2) is 72.8 Å². The molecule has 314 valence electrons. The van der Waals surface area contributed by atoms with Crippen molar-refractivity contribution in [3.05, 3.63) is 101 Å². The number of halogens is 2. The molecular weight excluding hydrogens is 783 g/mol. The van der Waals surface area contributed by atoms with Gasteiger partial charge in [0.1, 0.15) is 11.6 Å². The van der Waals surface area contributed by atoms with Crippen LogP contribution in [0, 0.1) is 23.5 Å². The molecule has 0 spiro atoms. The molecule has 4 aromatic carbocycles. The summed E-state index contributed by atoms with van der Waals surface area (Å²) in [6.07, 6.45) is 5.70. The second-order valence-corrected chi connectivity index (χ2v) is 16.0. The lowest BCUT2D eigenvalue weighted by Gasteiger charge is -2.22. The number of nitrogens with one attached hydrogen (secondary N) is 3. The highest BCUT2D eigenvalue weighted by Crippen LogP contribution is 2.39. The molecule has 5 heterocycles. The first kappa shape index (κ1) is 39.6. The van der Waals surface area contributed by atoms with E-state index in [9.17, 15) is 23.2 Å². The van der Waals surface area contributed by atoms with Crippen molar-refractivity contribution in [3.63, 3.8) is 0 Å². The zero-order valence-electron chi connectivity index (χ0n) is 33.9. The van der Waals surface area contributed by atoms with Crippen LogP contribution in [0.4, 0.5) is 31.5 Å². The Balaban J connectivity index is 0.000000130. The number of benzene rings is 4. The van der Waals surface area contributed by atoms with Crippen molar-refractivity contribution in [2.45, 2.75) is 45.3 Å². The highest BCUT2D eigenvalue weighted by molar-refractivity contribution is 6.01. The maximum absolute atomic E-state index is 14.0. The van der Waals surface area contributed by atoms with Gasteiger partial charge in [-0.1, -0.05) is 0 Å². The SMILES string of the molecule is COC(=O)c1cc(N)c2c(c1)NCCN2.COC(=O)c1cc2c3c(c1)nc(-c1cc4ccc(F)cc4n1CC1CC1)n3CCN2.O=Cc1cc2ccc(F)cc2n1CC1CC1. The second-order valence-electron chi connectivity index (χ2n) is 16.0. The number of carbonyl (C=O) groups is 3. The van der Waals surface area contributed by atoms with Crippen LogP contribution in [0.5, 0.6) is 0 Å². The van der Waals surface area contributed by atoms with E-state index in [1.54, 1.807) is 30.3 Å². The number of methoxy groups -OCH3 is 2. The minimum absolute atomic E-state index is 0.229. The van der Waals surface area contributed by atoms with E-state index in [1.165, 1.54) is 58.1 Å². The van der Waals surface area contributed by atoms with Crippen molar-refractivity contribution in [2.24, 2.45) is 11.8 Å².